The summed E-state index contributed by atoms with van der Waals surface area (Å²) in [6.45, 7) is 2.35. The first-order valence-electron chi connectivity index (χ1n) is 4.22. The second-order valence-corrected chi connectivity index (χ2v) is 2.66. The maximum atomic E-state index is 11.1. The van der Waals surface area contributed by atoms with Gasteiger partial charge in [0.1, 0.15) is 0 Å². The molecule has 0 saturated carbocycles. The smallest absolute Gasteiger partial charge is 0.320 e. The van der Waals surface area contributed by atoms with E-state index in [-0.39, 0.29) is 11.6 Å². The molecule has 0 aliphatic rings. The Balaban J connectivity index is 2.73. The van der Waals surface area contributed by atoms with Gasteiger partial charge >= 0.3 is 6.03 Å². The van der Waals surface area contributed by atoms with E-state index in [1.54, 1.807) is 0 Å². The topological polar surface area (TPSA) is 76.0 Å². The van der Waals surface area contributed by atoms with E-state index in [4.69, 9.17) is 0 Å². The zero-order chi connectivity index (χ0) is 10.6. The van der Waals surface area contributed by atoms with E-state index in [9.17, 15) is 9.59 Å². The number of carbonyl (C=O) groups is 1. The van der Waals surface area contributed by atoms with Crippen molar-refractivity contribution in [3.8, 4) is 0 Å². The highest BCUT2D eigenvalue weighted by Crippen LogP contribution is 1.95. The van der Waals surface area contributed by atoms with E-state index in [0.717, 1.165) is 4.68 Å². The second kappa shape index (κ2) is 4.40. The lowest BCUT2D eigenvalue weighted by Gasteiger charge is -2.05. The number of nitrogens with zero attached hydrogens (tertiary/aromatic N) is 2. The Kier molecular flexibility index (Phi) is 3.22. The molecule has 0 bridgehead atoms. The molecule has 76 valence electrons. The molecular weight excluding hydrogens is 184 g/mol. The van der Waals surface area contributed by atoms with Crippen LogP contribution in [0.15, 0.2) is 16.9 Å². The molecule has 0 radical (unpaired) electrons. The van der Waals surface area contributed by atoms with Crippen LogP contribution in [0, 0.1) is 0 Å². The maximum absolute atomic E-state index is 11.1. The summed E-state index contributed by atoms with van der Waals surface area (Å²) in [5, 5.41) is 8.87. The number of nitrogens with one attached hydrogen (secondary N) is 2. The van der Waals surface area contributed by atoms with Crippen molar-refractivity contribution in [2.24, 2.45) is 7.05 Å². The summed E-state index contributed by atoms with van der Waals surface area (Å²) in [5.74, 6) is 0.345. The van der Waals surface area contributed by atoms with E-state index >= 15 is 0 Å². The largest absolute Gasteiger partial charge is 0.338 e. The first-order valence-corrected chi connectivity index (χ1v) is 4.22. The van der Waals surface area contributed by atoms with Crippen LogP contribution in [-0.4, -0.2) is 22.4 Å². The van der Waals surface area contributed by atoms with Gasteiger partial charge in [0.25, 0.3) is 5.56 Å². The summed E-state index contributed by atoms with van der Waals surface area (Å²) in [6, 6.07) is 2.46. The fraction of sp³-hybridized carbons (Fsp3) is 0.375. The summed E-state index contributed by atoms with van der Waals surface area (Å²) < 4.78 is 1.15. The van der Waals surface area contributed by atoms with Crippen LogP contribution < -0.4 is 16.2 Å². The van der Waals surface area contributed by atoms with E-state index in [1.165, 1.54) is 19.2 Å². The molecular formula is C8H12N4O2. The molecule has 1 heterocycles. The normalized spacial score (nSPS) is 9.57. The Hall–Kier alpha value is -1.85. The standard InChI is InChI=1S/C8H12N4O2/c1-3-9-8(14)10-6-4-5-7(13)12(2)11-6/h4-5H,3H2,1-2H3,(H2,9,10,11,14). The van der Waals surface area contributed by atoms with Gasteiger partial charge in [-0.2, -0.15) is 5.10 Å². The number of aromatic nitrogens is 2. The SMILES string of the molecule is CCNC(=O)Nc1ccc(=O)n(C)n1. The number of rotatable bonds is 2. The first-order chi connectivity index (χ1) is 6.63. The van der Waals surface area contributed by atoms with Crippen LogP contribution in [-0.2, 0) is 7.05 Å². The number of carbonyl (C=O) groups excluding carboxylic acids is 1. The lowest BCUT2D eigenvalue weighted by molar-refractivity contribution is 0.252. The predicted octanol–water partition coefficient (Wildman–Crippen LogP) is -0.0783. The van der Waals surface area contributed by atoms with Crippen LogP contribution in [0.25, 0.3) is 0 Å². The Morgan fingerprint density at radius 2 is 2.29 bits per heavy atom. The molecule has 0 spiro atoms. The average Bonchev–Trinajstić information content (AvgIpc) is 2.12. The Labute approximate surface area is 80.9 Å². The van der Waals surface area contributed by atoms with Crippen molar-refractivity contribution >= 4 is 11.8 Å². The van der Waals surface area contributed by atoms with Crippen LogP contribution in [0.2, 0.25) is 0 Å². The zero-order valence-electron chi connectivity index (χ0n) is 8.07. The molecule has 2 N–H and O–H groups in total. The van der Waals surface area contributed by atoms with Crippen molar-refractivity contribution in [2.45, 2.75) is 6.92 Å². The van der Waals surface area contributed by atoms with Crippen molar-refractivity contribution in [1.82, 2.24) is 15.1 Å². The van der Waals surface area contributed by atoms with Gasteiger partial charge in [-0.05, 0) is 13.0 Å². The molecule has 0 unspecified atom stereocenters. The van der Waals surface area contributed by atoms with Crippen LogP contribution in [0.1, 0.15) is 6.92 Å². The van der Waals surface area contributed by atoms with E-state index < -0.39 is 0 Å². The second-order valence-electron chi connectivity index (χ2n) is 2.66. The van der Waals surface area contributed by atoms with E-state index in [0.29, 0.717) is 12.4 Å². The van der Waals surface area contributed by atoms with Gasteiger partial charge in [-0.25, -0.2) is 9.48 Å². The molecule has 1 aromatic rings. The summed E-state index contributed by atoms with van der Waals surface area (Å²) in [6.07, 6.45) is 0. The number of hydrogen-bond acceptors (Lipinski definition) is 3. The third kappa shape index (κ3) is 2.58. The van der Waals surface area contributed by atoms with Crippen LogP contribution in [0.5, 0.6) is 0 Å². The van der Waals surface area contributed by atoms with Gasteiger partial charge in [0.05, 0.1) is 0 Å². The summed E-state index contributed by atoms with van der Waals surface area (Å²) in [4.78, 5) is 22.0. The van der Waals surface area contributed by atoms with Gasteiger partial charge in [-0.1, -0.05) is 0 Å². The molecule has 6 nitrogen and oxygen atoms in total. The van der Waals surface area contributed by atoms with Crippen LogP contribution >= 0.6 is 0 Å². The van der Waals surface area contributed by atoms with Crippen LogP contribution in [0.3, 0.4) is 0 Å². The third-order valence-corrected chi connectivity index (χ3v) is 1.54. The number of anilines is 1. The number of aryl methyl sites for hydroxylation is 1. The Morgan fingerprint density at radius 1 is 1.57 bits per heavy atom. The fourth-order valence-electron chi connectivity index (χ4n) is 0.890. The predicted molar refractivity (Wildman–Crippen MR) is 52.2 cm³/mol. The van der Waals surface area contributed by atoms with Crippen LogP contribution in [0.4, 0.5) is 10.6 Å². The molecule has 0 fully saturated rings. The first kappa shape index (κ1) is 10.2. The van der Waals surface area contributed by atoms with Gasteiger partial charge in [0.2, 0.25) is 0 Å². The molecule has 2 amide bonds. The van der Waals surface area contributed by atoms with Gasteiger partial charge in [-0.15, -0.1) is 0 Å². The molecule has 0 aliphatic carbocycles. The van der Waals surface area contributed by atoms with Crippen molar-refractivity contribution in [1.29, 1.82) is 0 Å². The third-order valence-electron chi connectivity index (χ3n) is 1.54. The minimum absolute atomic E-state index is 0.216. The van der Waals surface area contributed by atoms with E-state index in [1.807, 2.05) is 6.92 Å². The van der Waals surface area contributed by atoms with Crippen molar-refractivity contribution in [3.05, 3.63) is 22.5 Å². The number of hydrogen-bond donors (Lipinski definition) is 2. The Bertz CT molecular complexity index is 385. The lowest BCUT2D eigenvalue weighted by Crippen LogP contribution is -2.30. The van der Waals surface area contributed by atoms with Gasteiger partial charge in [0, 0.05) is 19.7 Å². The molecule has 0 atom stereocenters. The fourth-order valence-corrected chi connectivity index (χ4v) is 0.890. The lowest BCUT2D eigenvalue weighted by atomic mass is 10.5. The van der Waals surface area contributed by atoms with Crippen molar-refractivity contribution in [2.75, 3.05) is 11.9 Å². The molecule has 1 aromatic heterocycles. The minimum atomic E-state index is -0.335. The molecule has 14 heavy (non-hydrogen) atoms. The quantitative estimate of drug-likeness (QED) is 0.694. The number of amides is 2. The summed E-state index contributed by atoms with van der Waals surface area (Å²) >= 11 is 0. The maximum Gasteiger partial charge on any atom is 0.320 e. The molecule has 0 aliphatic heterocycles. The molecule has 0 aromatic carbocycles. The average molecular weight is 196 g/mol. The number of urea groups is 1. The zero-order valence-corrected chi connectivity index (χ0v) is 8.07. The van der Waals surface area contributed by atoms with Crippen molar-refractivity contribution < 1.29 is 4.79 Å². The monoisotopic (exact) mass is 196 g/mol. The molecule has 6 heteroatoms. The minimum Gasteiger partial charge on any atom is -0.338 e. The summed E-state index contributed by atoms with van der Waals surface area (Å²) in [5.41, 5.74) is -0.216. The summed E-state index contributed by atoms with van der Waals surface area (Å²) in [7, 11) is 1.52. The highest BCUT2D eigenvalue weighted by molar-refractivity contribution is 5.87. The highest BCUT2D eigenvalue weighted by atomic mass is 16.2. The van der Waals surface area contributed by atoms with Gasteiger partial charge in [-0.3, -0.25) is 10.1 Å². The highest BCUT2D eigenvalue weighted by Gasteiger charge is 2.01. The van der Waals surface area contributed by atoms with E-state index in [2.05, 4.69) is 15.7 Å². The van der Waals surface area contributed by atoms with Crippen molar-refractivity contribution in [3.63, 3.8) is 0 Å². The molecule has 1 rings (SSSR count). The molecule has 0 saturated heterocycles. The van der Waals surface area contributed by atoms with Gasteiger partial charge in [0.15, 0.2) is 5.82 Å². The Morgan fingerprint density at radius 3 is 2.86 bits per heavy atom. The van der Waals surface area contributed by atoms with Gasteiger partial charge < -0.3 is 5.32 Å².